The number of H-pyrrole nitrogens is 1. The monoisotopic (exact) mass is 210 g/mol. The first-order chi connectivity index (χ1) is 7.11. The second-order valence-electron chi connectivity index (χ2n) is 3.85. The lowest BCUT2D eigenvalue weighted by Crippen LogP contribution is -2.44. The Balaban J connectivity index is 2.23. The molecule has 0 aliphatic carbocycles. The van der Waals surface area contributed by atoms with E-state index in [1.807, 2.05) is 13.8 Å². The van der Waals surface area contributed by atoms with Crippen molar-refractivity contribution in [1.82, 2.24) is 15.3 Å². The van der Waals surface area contributed by atoms with Crippen molar-refractivity contribution >= 4 is 5.91 Å². The predicted octanol–water partition coefficient (Wildman–Crippen LogP) is 0.0517. The van der Waals surface area contributed by atoms with Gasteiger partial charge in [-0.1, -0.05) is 13.8 Å². The molecule has 0 aromatic carbocycles. The Labute approximate surface area is 89.5 Å². The number of hydrogen-bond donors (Lipinski definition) is 3. The minimum Gasteiger partial charge on any atom is -0.354 e. The van der Waals surface area contributed by atoms with E-state index < -0.39 is 6.04 Å². The first-order valence-corrected chi connectivity index (χ1v) is 5.13. The minimum atomic E-state index is -0.429. The third-order valence-electron chi connectivity index (χ3n) is 2.24. The molecular formula is C10H18N4O. The maximum absolute atomic E-state index is 11.4. The Kier molecular flexibility index (Phi) is 4.30. The molecule has 0 spiro atoms. The van der Waals surface area contributed by atoms with Gasteiger partial charge in [-0.25, -0.2) is 4.98 Å². The smallest absolute Gasteiger partial charge is 0.237 e. The Morgan fingerprint density at radius 1 is 1.67 bits per heavy atom. The fraction of sp³-hybridized carbons (Fsp3) is 0.600. The number of rotatable bonds is 5. The van der Waals surface area contributed by atoms with E-state index in [1.165, 1.54) is 0 Å². The zero-order valence-corrected chi connectivity index (χ0v) is 9.16. The van der Waals surface area contributed by atoms with Crippen molar-refractivity contribution < 1.29 is 4.79 Å². The summed E-state index contributed by atoms with van der Waals surface area (Å²) in [4.78, 5) is 18.5. The molecule has 1 unspecified atom stereocenters. The molecule has 0 aliphatic rings. The second kappa shape index (κ2) is 5.50. The number of hydrogen-bond acceptors (Lipinski definition) is 3. The van der Waals surface area contributed by atoms with E-state index >= 15 is 0 Å². The number of nitrogens with one attached hydrogen (secondary N) is 2. The number of carbonyl (C=O) groups is 1. The van der Waals surface area contributed by atoms with Gasteiger partial charge in [0.15, 0.2) is 0 Å². The zero-order valence-electron chi connectivity index (χ0n) is 9.16. The number of imidazole rings is 1. The highest BCUT2D eigenvalue weighted by Crippen LogP contribution is 1.97. The summed E-state index contributed by atoms with van der Waals surface area (Å²) in [6.07, 6.45) is 4.15. The van der Waals surface area contributed by atoms with Crippen molar-refractivity contribution in [3.05, 3.63) is 18.2 Å². The number of amides is 1. The summed E-state index contributed by atoms with van der Waals surface area (Å²) in [6.45, 7) is 4.42. The Morgan fingerprint density at radius 2 is 2.40 bits per heavy atom. The van der Waals surface area contributed by atoms with Crippen LogP contribution in [0.4, 0.5) is 0 Å². The minimum absolute atomic E-state index is 0.100. The first kappa shape index (κ1) is 11.7. The van der Waals surface area contributed by atoms with Crippen LogP contribution < -0.4 is 11.1 Å². The second-order valence-corrected chi connectivity index (χ2v) is 3.85. The molecule has 5 nitrogen and oxygen atoms in total. The Morgan fingerprint density at radius 3 is 2.93 bits per heavy atom. The van der Waals surface area contributed by atoms with E-state index in [-0.39, 0.29) is 11.8 Å². The fourth-order valence-corrected chi connectivity index (χ4v) is 1.16. The van der Waals surface area contributed by atoms with E-state index in [2.05, 4.69) is 15.3 Å². The topological polar surface area (TPSA) is 83.8 Å². The van der Waals surface area contributed by atoms with Crippen molar-refractivity contribution in [1.29, 1.82) is 0 Å². The van der Waals surface area contributed by atoms with Gasteiger partial charge in [0, 0.05) is 25.4 Å². The molecule has 15 heavy (non-hydrogen) atoms. The molecule has 1 aromatic rings. The molecular weight excluding hydrogens is 192 g/mol. The van der Waals surface area contributed by atoms with Gasteiger partial charge in [-0.2, -0.15) is 0 Å². The van der Waals surface area contributed by atoms with Crippen LogP contribution in [-0.4, -0.2) is 28.5 Å². The van der Waals surface area contributed by atoms with Crippen molar-refractivity contribution in [3.63, 3.8) is 0 Å². The molecule has 1 amide bonds. The molecule has 5 heteroatoms. The van der Waals surface area contributed by atoms with Crippen LogP contribution in [0.15, 0.2) is 12.4 Å². The molecule has 1 aromatic heterocycles. The maximum atomic E-state index is 11.4. The third kappa shape index (κ3) is 3.71. The average molecular weight is 210 g/mol. The number of nitrogens with two attached hydrogens (primary N) is 1. The summed E-state index contributed by atoms with van der Waals surface area (Å²) in [5.74, 6) is 0.929. The SMILES string of the molecule is CC(C)C(N)C(=O)NCCc1ncc[nH]1. The summed E-state index contributed by atoms with van der Waals surface area (Å²) >= 11 is 0. The van der Waals surface area contributed by atoms with Gasteiger partial charge in [-0.05, 0) is 5.92 Å². The number of aromatic amines is 1. The van der Waals surface area contributed by atoms with Gasteiger partial charge in [-0.3, -0.25) is 4.79 Å². The summed E-state index contributed by atoms with van der Waals surface area (Å²) in [6, 6.07) is -0.429. The van der Waals surface area contributed by atoms with Crippen LogP contribution in [0.5, 0.6) is 0 Å². The summed E-state index contributed by atoms with van der Waals surface area (Å²) in [7, 11) is 0. The lowest BCUT2D eigenvalue weighted by molar-refractivity contribution is -0.123. The number of nitrogens with zero attached hydrogens (tertiary/aromatic N) is 1. The van der Waals surface area contributed by atoms with Gasteiger partial charge in [-0.15, -0.1) is 0 Å². The summed E-state index contributed by atoms with van der Waals surface area (Å²) in [5.41, 5.74) is 5.68. The molecule has 1 rings (SSSR count). The molecule has 0 aliphatic heterocycles. The number of carbonyl (C=O) groups excluding carboxylic acids is 1. The maximum Gasteiger partial charge on any atom is 0.237 e. The molecule has 84 valence electrons. The van der Waals surface area contributed by atoms with E-state index in [0.717, 1.165) is 5.82 Å². The third-order valence-corrected chi connectivity index (χ3v) is 2.24. The van der Waals surface area contributed by atoms with Crippen molar-refractivity contribution in [2.45, 2.75) is 26.3 Å². The van der Waals surface area contributed by atoms with E-state index in [9.17, 15) is 4.79 Å². The Hall–Kier alpha value is -1.36. The molecule has 0 bridgehead atoms. The lowest BCUT2D eigenvalue weighted by Gasteiger charge is -2.14. The normalized spacial score (nSPS) is 12.8. The fourth-order valence-electron chi connectivity index (χ4n) is 1.16. The highest BCUT2D eigenvalue weighted by molar-refractivity contribution is 5.81. The van der Waals surface area contributed by atoms with Crippen LogP contribution >= 0.6 is 0 Å². The predicted molar refractivity (Wildman–Crippen MR) is 58.1 cm³/mol. The van der Waals surface area contributed by atoms with Crippen molar-refractivity contribution in [2.24, 2.45) is 11.7 Å². The average Bonchev–Trinajstić information content (AvgIpc) is 2.69. The first-order valence-electron chi connectivity index (χ1n) is 5.13. The largest absolute Gasteiger partial charge is 0.354 e. The molecule has 0 saturated carbocycles. The van der Waals surface area contributed by atoms with E-state index in [4.69, 9.17) is 5.73 Å². The van der Waals surface area contributed by atoms with E-state index in [0.29, 0.717) is 13.0 Å². The van der Waals surface area contributed by atoms with Crippen LogP contribution in [0, 0.1) is 5.92 Å². The van der Waals surface area contributed by atoms with Crippen molar-refractivity contribution in [3.8, 4) is 0 Å². The van der Waals surface area contributed by atoms with Gasteiger partial charge in [0.25, 0.3) is 0 Å². The molecule has 1 atom stereocenters. The van der Waals surface area contributed by atoms with Gasteiger partial charge >= 0.3 is 0 Å². The van der Waals surface area contributed by atoms with Gasteiger partial charge in [0.2, 0.25) is 5.91 Å². The van der Waals surface area contributed by atoms with Crippen LogP contribution in [0.2, 0.25) is 0 Å². The molecule has 0 fully saturated rings. The quantitative estimate of drug-likeness (QED) is 0.642. The van der Waals surface area contributed by atoms with Crippen LogP contribution in [0.25, 0.3) is 0 Å². The molecule has 1 heterocycles. The van der Waals surface area contributed by atoms with Gasteiger partial charge in [0.1, 0.15) is 5.82 Å². The highest BCUT2D eigenvalue weighted by Gasteiger charge is 2.16. The Bertz CT molecular complexity index is 294. The number of aromatic nitrogens is 2. The van der Waals surface area contributed by atoms with Crippen LogP contribution in [0.3, 0.4) is 0 Å². The van der Waals surface area contributed by atoms with Crippen LogP contribution in [0.1, 0.15) is 19.7 Å². The molecule has 4 N–H and O–H groups in total. The summed E-state index contributed by atoms with van der Waals surface area (Å²) in [5, 5.41) is 2.78. The van der Waals surface area contributed by atoms with Crippen molar-refractivity contribution in [2.75, 3.05) is 6.54 Å². The van der Waals surface area contributed by atoms with E-state index in [1.54, 1.807) is 12.4 Å². The zero-order chi connectivity index (χ0) is 11.3. The van der Waals surface area contributed by atoms with Gasteiger partial charge < -0.3 is 16.0 Å². The lowest BCUT2D eigenvalue weighted by atomic mass is 10.1. The van der Waals surface area contributed by atoms with Gasteiger partial charge in [0.05, 0.1) is 6.04 Å². The molecule has 0 radical (unpaired) electrons. The summed E-state index contributed by atoms with van der Waals surface area (Å²) < 4.78 is 0. The molecule has 0 saturated heterocycles. The van der Waals surface area contributed by atoms with Crippen LogP contribution in [-0.2, 0) is 11.2 Å². The standard InChI is InChI=1S/C10H18N4O/c1-7(2)9(11)10(15)14-4-3-8-12-5-6-13-8/h5-7,9H,3-4,11H2,1-2H3,(H,12,13)(H,14,15). The highest BCUT2D eigenvalue weighted by atomic mass is 16.2.